The number of anilines is 1. The average Bonchev–Trinajstić information content (AvgIpc) is 3.01. The highest BCUT2D eigenvalue weighted by Crippen LogP contribution is 2.21. The summed E-state index contributed by atoms with van der Waals surface area (Å²) in [6.45, 7) is 5.93. The summed E-state index contributed by atoms with van der Waals surface area (Å²) >= 11 is 0. The Labute approximate surface area is 158 Å². The fourth-order valence-corrected chi connectivity index (χ4v) is 3.17. The van der Waals surface area contributed by atoms with Crippen LogP contribution in [0.4, 0.5) is 5.69 Å². The number of nitrogens with one attached hydrogen (secondary N) is 1. The summed E-state index contributed by atoms with van der Waals surface area (Å²) in [7, 11) is 1.35. The van der Waals surface area contributed by atoms with E-state index in [4.69, 9.17) is 4.74 Å². The van der Waals surface area contributed by atoms with Crippen molar-refractivity contribution in [3.8, 4) is 0 Å². The van der Waals surface area contributed by atoms with E-state index in [1.807, 2.05) is 55.7 Å². The summed E-state index contributed by atoms with van der Waals surface area (Å²) in [5.74, 6) is 0.272. The molecule has 0 aliphatic heterocycles. The number of amides is 1. The molecule has 140 valence electrons. The lowest BCUT2D eigenvalue weighted by atomic mass is 10.0. The van der Waals surface area contributed by atoms with Crippen molar-refractivity contribution < 1.29 is 14.3 Å². The van der Waals surface area contributed by atoms with Crippen molar-refractivity contribution in [1.29, 1.82) is 0 Å². The highest BCUT2D eigenvalue weighted by atomic mass is 16.5. The molecule has 1 heterocycles. The standard InChI is InChI=1S/C21H23N3O3/c1-5-19-23-17-8-6-7-9-18(17)24(19)12-20(25)22-15-10-13(2)14(3)16(11-15)21(26)27-4/h6-11H,5,12H2,1-4H3,(H,22,25). The van der Waals surface area contributed by atoms with E-state index < -0.39 is 5.97 Å². The molecule has 6 nitrogen and oxygen atoms in total. The molecule has 1 amide bonds. The van der Waals surface area contributed by atoms with Gasteiger partial charge >= 0.3 is 5.97 Å². The van der Waals surface area contributed by atoms with Crippen molar-refractivity contribution in [3.63, 3.8) is 0 Å². The quantitative estimate of drug-likeness (QED) is 0.701. The Morgan fingerprint density at radius 2 is 1.93 bits per heavy atom. The Morgan fingerprint density at radius 1 is 1.19 bits per heavy atom. The summed E-state index contributed by atoms with van der Waals surface area (Å²) in [5.41, 5.74) is 4.59. The largest absolute Gasteiger partial charge is 0.465 e. The smallest absolute Gasteiger partial charge is 0.338 e. The van der Waals surface area contributed by atoms with Gasteiger partial charge in [0.25, 0.3) is 0 Å². The van der Waals surface area contributed by atoms with Crippen LogP contribution < -0.4 is 5.32 Å². The lowest BCUT2D eigenvalue weighted by molar-refractivity contribution is -0.116. The fraction of sp³-hybridized carbons (Fsp3) is 0.286. The van der Waals surface area contributed by atoms with Gasteiger partial charge in [0.1, 0.15) is 12.4 Å². The van der Waals surface area contributed by atoms with Gasteiger partial charge in [-0.2, -0.15) is 0 Å². The van der Waals surface area contributed by atoms with E-state index in [1.165, 1.54) is 7.11 Å². The van der Waals surface area contributed by atoms with Crippen LogP contribution in [-0.4, -0.2) is 28.5 Å². The number of ether oxygens (including phenoxy) is 1. The number of benzene rings is 2. The topological polar surface area (TPSA) is 73.2 Å². The number of hydrogen-bond donors (Lipinski definition) is 1. The van der Waals surface area contributed by atoms with E-state index in [0.717, 1.165) is 34.4 Å². The van der Waals surface area contributed by atoms with Crippen LogP contribution in [0.5, 0.6) is 0 Å². The van der Waals surface area contributed by atoms with Crippen LogP contribution in [0.2, 0.25) is 0 Å². The zero-order chi connectivity index (χ0) is 19.6. The molecule has 2 aromatic carbocycles. The molecule has 0 bridgehead atoms. The molecular weight excluding hydrogens is 342 g/mol. The number of carbonyl (C=O) groups excluding carboxylic acids is 2. The lowest BCUT2D eigenvalue weighted by Crippen LogP contribution is -2.20. The molecule has 0 saturated carbocycles. The second-order valence-corrected chi connectivity index (χ2v) is 6.46. The number of aryl methyl sites for hydroxylation is 2. The molecule has 6 heteroatoms. The number of imidazole rings is 1. The third kappa shape index (κ3) is 3.69. The summed E-state index contributed by atoms with van der Waals surface area (Å²) < 4.78 is 6.76. The Morgan fingerprint density at radius 3 is 2.63 bits per heavy atom. The first-order valence-electron chi connectivity index (χ1n) is 8.88. The second kappa shape index (κ2) is 7.61. The predicted molar refractivity (Wildman–Crippen MR) is 105 cm³/mol. The molecule has 0 aliphatic rings. The number of carbonyl (C=O) groups is 2. The predicted octanol–water partition coefficient (Wildman–Crippen LogP) is 3.64. The second-order valence-electron chi connectivity index (χ2n) is 6.46. The molecule has 27 heavy (non-hydrogen) atoms. The van der Waals surface area contributed by atoms with Crippen molar-refractivity contribution in [2.45, 2.75) is 33.7 Å². The molecule has 1 N–H and O–H groups in total. The molecule has 3 rings (SSSR count). The number of methoxy groups -OCH3 is 1. The molecule has 3 aromatic rings. The van der Waals surface area contributed by atoms with Crippen LogP contribution >= 0.6 is 0 Å². The zero-order valence-corrected chi connectivity index (χ0v) is 16.0. The Balaban J connectivity index is 1.87. The van der Waals surface area contributed by atoms with Crippen molar-refractivity contribution >= 4 is 28.6 Å². The van der Waals surface area contributed by atoms with Gasteiger partial charge in [-0.3, -0.25) is 4.79 Å². The van der Waals surface area contributed by atoms with Gasteiger partial charge in [-0.15, -0.1) is 0 Å². The third-order valence-corrected chi connectivity index (χ3v) is 4.71. The first kappa shape index (κ1) is 18.6. The number of esters is 1. The van der Waals surface area contributed by atoms with Gasteiger partial charge in [0.2, 0.25) is 5.91 Å². The van der Waals surface area contributed by atoms with E-state index in [9.17, 15) is 9.59 Å². The number of para-hydroxylation sites is 2. The minimum absolute atomic E-state index is 0.157. The van der Waals surface area contributed by atoms with Crippen molar-refractivity contribution in [2.24, 2.45) is 0 Å². The SMILES string of the molecule is CCc1nc2ccccc2n1CC(=O)Nc1cc(C)c(C)c(C(=O)OC)c1. The van der Waals surface area contributed by atoms with Gasteiger partial charge < -0.3 is 14.6 Å². The van der Waals surface area contributed by atoms with Crippen LogP contribution in [0.1, 0.15) is 34.2 Å². The van der Waals surface area contributed by atoms with Crippen molar-refractivity contribution in [2.75, 3.05) is 12.4 Å². The highest BCUT2D eigenvalue weighted by Gasteiger charge is 2.16. The molecule has 0 fully saturated rings. The van der Waals surface area contributed by atoms with Gasteiger partial charge in [0.15, 0.2) is 0 Å². The molecule has 0 atom stereocenters. The molecule has 1 aromatic heterocycles. The van der Waals surface area contributed by atoms with E-state index >= 15 is 0 Å². The minimum atomic E-state index is -0.416. The van der Waals surface area contributed by atoms with Crippen molar-refractivity contribution in [1.82, 2.24) is 9.55 Å². The number of fused-ring (bicyclic) bond motifs is 1. The van der Waals surface area contributed by atoms with E-state index in [0.29, 0.717) is 11.3 Å². The maximum absolute atomic E-state index is 12.7. The molecular formula is C21H23N3O3. The normalized spacial score (nSPS) is 10.8. The van der Waals surface area contributed by atoms with Gasteiger partial charge in [0, 0.05) is 12.1 Å². The zero-order valence-electron chi connectivity index (χ0n) is 16.0. The van der Waals surface area contributed by atoms with Crippen LogP contribution in [0.3, 0.4) is 0 Å². The van der Waals surface area contributed by atoms with Crippen LogP contribution in [0.25, 0.3) is 11.0 Å². The number of aromatic nitrogens is 2. The number of rotatable bonds is 5. The fourth-order valence-electron chi connectivity index (χ4n) is 3.17. The van der Waals surface area contributed by atoms with Gasteiger partial charge in [-0.05, 0) is 49.2 Å². The highest BCUT2D eigenvalue weighted by molar-refractivity contribution is 5.96. The summed E-state index contributed by atoms with van der Waals surface area (Å²) in [5, 5.41) is 2.89. The maximum Gasteiger partial charge on any atom is 0.338 e. The lowest BCUT2D eigenvalue weighted by Gasteiger charge is -2.13. The first-order valence-corrected chi connectivity index (χ1v) is 8.88. The van der Waals surface area contributed by atoms with Gasteiger partial charge in [0.05, 0.1) is 23.7 Å². The van der Waals surface area contributed by atoms with Gasteiger partial charge in [-0.25, -0.2) is 9.78 Å². The van der Waals surface area contributed by atoms with Crippen molar-refractivity contribution in [3.05, 3.63) is 58.9 Å². The van der Waals surface area contributed by atoms with Crippen LogP contribution in [-0.2, 0) is 22.5 Å². The molecule has 0 saturated heterocycles. The van der Waals surface area contributed by atoms with Gasteiger partial charge in [-0.1, -0.05) is 19.1 Å². The Bertz CT molecular complexity index is 1020. The average molecular weight is 365 g/mol. The third-order valence-electron chi connectivity index (χ3n) is 4.71. The molecule has 0 unspecified atom stereocenters. The number of hydrogen-bond acceptors (Lipinski definition) is 4. The monoisotopic (exact) mass is 365 g/mol. The summed E-state index contributed by atoms with van der Waals surface area (Å²) in [6.07, 6.45) is 0.734. The van der Waals surface area contributed by atoms with E-state index in [-0.39, 0.29) is 12.5 Å². The maximum atomic E-state index is 12.7. The minimum Gasteiger partial charge on any atom is -0.465 e. The number of nitrogens with zero attached hydrogens (tertiary/aromatic N) is 2. The Hall–Kier alpha value is -3.15. The summed E-state index contributed by atoms with van der Waals surface area (Å²) in [4.78, 5) is 29.2. The van der Waals surface area contributed by atoms with Crippen LogP contribution in [0.15, 0.2) is 36.4 Å². The molecule has 0 spiro atoms. The first-order chi connectivity index (χ1) is 12.9. The van der Waals surface area contributed by atoms with E-state index in [1.54, 1.807) is 6.07 Å². The Kier molecular flexibility index (Phi) is 5.26. The summed E-state index contributed by atoms with van der Waals surface area (Å²) in [6, 6.07) is 11.3. The van der Waals surface area contributed by atoms with E-state index in [2.05, 4.69) is 10.3 Å². The molecule has 0 aliphatic carbocycles. The molecule has 0 radical (unpaired) electrons. The van der Waals surface area contributed by atoms with Crippen LogP contribution in [0, 0.1) is 13.8 Å².